The summed E-state index contributed by atoms with van der Waals surface area (Å²) in [5.41, 5.74) is 7.96. The molecule has 0 saturated carbocycles. The van der Waals surface area contributed by atoms with Crippen LogP contribution in [0.15, 0.2) is 24.3 Å². The zero-order chi connectivity index (χ0) is 39.8. The van der Waals surface area contributed by atoms with Gasteiger partial charge in [0, 0.05) is 51.4 Å². The second-order valence-corrected chi connectivity index (χ2v) is 17.2. The van der Waals surface area contributed by atoms with Crippen molar-refractivity contribution >= 4 is 5.78 Å². The van der Waals surface area contributed by atoms with Crippen molar-refractivity contribution in [1.82, 2.24) is 0 Å². The van der Waals surface area contributed by atoms with E-state index in [0.29, 0.717) is 44.6 Å². The molecule has 5 aliphatic heterocycles. The van der Waals surface area contributed by atoms with Gasteiger partial charge in [-0.2, -0.15) is 0 Å². The Morgan fingerprint density at radius 2 is 1.75 bits per heavy atom. The van der Waals surface area contributed by atoms with Crippen molar-refractivity contribution in [2.24, 2.45) is 23.5 Å². The number of carbonyl (C=O) groups is 1. The smallest absolute Gasteiger partial charge is 0.135 e. The van der Waals surface area contributed by atoms with E-state index in [1.807, 2.05) is 13.8 Å². The highest BCUT2D eigenvalue weighted by Crippen LogP contribution is 2.39. The Bertz CT molecular complexity index is 1230. The Morgan fingerprint density at radius 3 is 2.45 bits per heavy atom. The molecule has 0 aromatic heterocycles. The topological polar surface area (TPSA) is 168 Å². The maximum atomic E-state index is 13.3. The van der Waals surface area contributed by atoms with E-state index in [-0.39, 0.29) is 104 Å². The fourth-order valence-corrected chi connectivity index (χ4v) is 9.79. The summed E-state index contributed by atoms with van der Waals surface area (Å²) in [6.07, 6.45) is 5.71. The molecule has 12 heteroatoms. The van der Waals surface area contributed by atoms with Gasteiger partial charge in [0.15, 0.2) is 0 Å². The number of hydrogen-bond donors (Lipinski definition) is 4. The lowest BCUT2D eigenvalue weighted by molar-refractivity contribution is -0.255. The summed E-state index contributed by atoms with van der Waals surface area (Å²) in [5.74, 6) is 0.215. The van der Waals surface area contributed by atoms with E-state index in [1.54, 1.807) is 7.11 Å². The number of carbonyl (C=O) groups excluding carboxylic acids is 1. The molecule has 5 aliphatic rings. The standard InChI is InChI=1S/C43H73NO11/c1-8-29-18-34(51-27(5)25(29)3)11-13-37-24(2)17-33(53-37)10-9-32(15-16-45)50-23-40-26(4)41(48)43-38(55-40)14-12-35(54-43)19-30(46)20-36-28(6)52-39(42(36)49-7)21-31(47)22-44/h26-29,31-43,45,47-48H,2-3,8-23,44H2,1,4-7H3/t26?,27-,28+,29-,31+,32-,33+,34+,35-,36+,37+,38+,39-,40?,41-,42-,43+/m1/s1. The summed E-state index contributed by atoms with van der Waals surface area (Å²) in [6.45, 7) is 17.3. The average molecular weight is 780 g/mol. The minimum absolute atomic E-state index is 0.0235. The van der Waals surface area contributed by atoms with Crippen molar-refractivity contribution in [2.75, 3.05) is 26.9 Å². The molecular formula is C43H73NO11. The molecule has 5 N–H and O–H groups in total. The van der Waals surface area contributed by atoms with E-state index in [9.17, 15) is 20.1 Å². The zero-order valence-electron chi connectivity index (χ0n) is 34.2. The molecule has 17 atom stereocenters. The van der Waals surface area contributed by atoms with Crippen LogP contribution in [-0.2, 0) is 38.0 Å². The molecule has 55 heavy (non-hydrogen) atoms. The van der Waals surface area contributed by atoms with Gasteiger partial charge in [0.1, 0.15) is 11.9 Å². The average Bonchev–Trinajstić information content (AvgIpc) is 3.67. The van der Waals surface area contributed by atoms with Crippen LogP contribution in [0.25, 0.3) is 0 Å². The molecule has 0 spiro atoms. The van der Waals surface area contributed by atoms with Crippen LogP contribution in [0.3, 0.4) is 0 Å². The van der Waals surface area contributed by atoms with E-state index in [0.717, 1.165) is 50.5 Å². The highest BCUT2D eigenvalue weighted by molar-refractivity contribution is 5.79. The second-order valence-electron chi connectivity index (χ2n) is 17.2. The minimum Gasteiger partial charge on any atom is -0.396 e. The molecule has 0 aromatic carbocycles. The van der Waals surface area contributed by atoms with E-state index >= 15 is 0 Å². The summed E-state index contributed by atoms with van der Waals surface area (Å²) < 4.78 is 43.8. The predicted molar refractivity (Wildman–Crippen MR) is 208 cm³/mol. The largest absolute Gasteiger partial charge is 0.396 e. The second kappa shape index (κ2) is 21.1. The molecule has 5 rings (SSSR count). The number of methoxy groups -OCH3 is 1. The summed E-state index contributed by atoms with van der Waals surface area (Å²) in [6, 6.07) is 0. The molecule has 2 unspecified atom stereocenters. The van der Waals surface area contributed by atoms with Gasteiger partial charge in [-0.3, -0.25) is 4.79 Å². The number of nitrogens with two attached hydrogens (primary N) is 1. The zero-order valence-corrected chi connectivity index (χ0v) is 34.2. The summed E-state index contributed by atoms with van der Waals surface area (Å²) in [5, 5.41) is 31.3. The summed E-state index contributed by atoms with van der Waals surface area (Å²) >= 11 is 0. The van der Waals surface area contributed by atoms with Gasteiger partial charge in [-0.25, -0.2) is 0 Å². The first-order valence-corrected chi connectivity index (χ1v) is 21.3. The number of ether oxygens (including phenoxy) is 7. The molecule has 316 valence electrons. The van der Waals surface area contributed by atoms with Gasteiger partial charge in [-0.15, -0.1) is 0 Å². The van der Waals surface area contributed by atoms with Gasteiger partial charge in [-0.05, 0) is 95.1 Å². The summed E-state index contributed by atoms with van der Waals surface area (Å²) in [4.78, 5) is 13.3. The Hall–Kier alpha value is -1.29. The van der Waals surface area contributed by atoms with Crippen LogP contribution < -0.4 is 5.73 Å². The van der Waals surface area contributed by atoms with Crippen LogP contribution in [0.5, 0.6) is 0 Å². The quantitative estimate of drug-likeness (QED) is 0.127. The van der Waals surface area contributed by atoms with Crippen LogP contribution in [0, 0.1) is 17.8 Å². The summed E-state index contributed by atoms with van der Waals surface area (Å²) in [7, 11) is 1.61. The number of hydrogen-bond acceptors (Lipinski definition) is 12. The lowest BCUT2D eigenvalue weighted by Crippen LogP contribution is -2.58. The minimum atomic E-state index is -0.763. The third-order valence-corrected chi connectivity index (χ3v) is 13.3. The Labute approximate surface area is 329 Å². The van der Waals surface area contributed by atoms with Gasteiger partial charge in [0.2, 0.25) is 0 Å². The molecule has 12 nitrogen and oxygen atoms in total. The van der Waals surface area contributed by atoms with Gasteiger partial charge in [0.25, 0.3) is 0 Å². The maximum Gasteiger partial charge on any atom is 0.135 e. The first-order chi connectivity index (χ1) is 26.3. The predicted octanol–water partition coefficient (Wildman–Crippen LogP) is 4.58. The van der Waals surface area contributed by atoms with Crippen molar-refractivity contribution in [1.29, 1.82) is 0 Å². The number of Topliss-reactive ketones (excluding diaryl/α,β-unsaturated/α-hetero) is 1. The van der Waals surface area contributed by atoms with Crippen LogP contribution in [0.1, 0.15) is 111 Å². The van der Waals surface area contributed by atoms with Gasteiger partial charge >= 0.3 is 0 Å². The fraction of sp³-hybridized carbons (Fsp3) is 0.884. The van der Waals surface area contributed by atoms with E-state index in [1.165, 1.54) is 5.57 Å². The maximum absolute atomic E-state index is 13.3. The van der Waals surface area contributed by atoms with Crippen molar-refractivity contribution in [3.63, 3.8) is 0 Å². The molecule has 5 saturated heterocycles. The van der Waals surface area contributed by atoms with Crippen molar-refractivity contribution in [3.05, 3.63) is 24.3 Å². The Kier molecular flexibility index (Phi) is 17.2. The van der Waals surface area contributed by atoms with E-state index in [2.05, 4.69) is 27.0 Å². The van der Waals surface area contributed by atoms with Gasteiger partial charge in [0.05, 0.1) is 86.0 Å². The third kappa shape index (κ3) is 11.7. The molecule has 5 fully saturated rings. The molecule has 0 aromatic rings. The lowest BCUT2D eigenvalue weighted by Gasteiger charge is -2.47. The number of aliphatic hydroxyl groups is 3. The molecule has 0 amide bonds. The molecule has 0 bridgehead atoms. The lowest BCUT2D eigenvalue weighted by atomic mass is 9.83. The van der Waals surface area contributed by atoms with E-state index in [4.69, 9.17) is 38.9 Å². The molecule has 5 heterocycles. The number of aliphatic hydroxyl groups excluding tert-OH is 3. The monoisotopic (exact) mass is 780 g/mol. The normalized spacial score (nSPS) is 40.6. The highest BCUT2D eigenvalue weighted by Gasteiger charge is 2.48. The molecule has 0 aliphatic carbocycles. The number of rotatable bonds is 20. The molecule has 0 radical (unpaired) electrons. The fourth-order valence-electron chi connectivity index (χ4n) is 9.79. The Balaban J connectivity index is 1.03. The van der Waals surface area contributed by atoms with Crippen LogP contribution in [-0.4, -0.2) is 133 Å². The van der Waals surface area contributed by atoms with Crippen LogP contribution in [0.2, 0.25) is 0 Å². The van der Waals surface area contributed by atoms with Gasteiger partial charge < -0.3 is 54.2 Å². The van der Waals surface area contributed by atoms with Crippen molar-refractivity contribution in [3.8, 4) is 0 Å². The van der Waals surface area contributed by atoms with Gasteiger partial charge in [-0.1, -0.05) is 27.0 Å². The van der Waals surface area contributed by atoms with Crippen LogP contribution in [0.4, 0.5) is 0 Å². The number of fused-ring (bicyclic) bond motifs is 1. The first kappa shape index (κ1) is 44.8. The number of ketones is 1. The third-order valence-electron chi connectivity index (χ3n) is 13.3. The SMILES string of the molecule is C=C1C[C@H](CC[C@H](CCO)OCC2O[C@H]3CC[C@H](CC(=O)C[C@@H]4[C@@H](OC)[C@@H](C[C@H](O)CN)O[C@H]4C)O[C@@H]3[C@H](O)C2C)O[C@H]1CC[C@H]1C[C@@H](CC)C(=C)[C@@H](C)O1. The highest BCUT2D eigenvalue weighted by atomic mass is 16.6. The van der Waals surface area contributed by atoms with E-state index < -0.39 is 18.3 Å². The van der Waals surface area contributed by atoms with Crippen molar-refractivity contribution in [2.45, 2.75) is 197 Å². The Morgan fingerprint density at radius 1 is 0.964 bits per heavy atom. The first-order valence-electron chi connectivity index (χ1n) is 21.3. The van der Waals surface area contributed by atoms with Crippen LogP contribution >= 0.6 is 0 Å². The molecular weight excluding hydrogens is 706 g/mol. The van der Waals surface area contributed by atoms with Crippen molar-refractivity contribution < 1.29 is 53.3 Å².